The molecule has 0 saturated heterocycles. The molecule has 0 aliphatic heterocycles. The second kappa shape index (κ2) is 8.60. The number of H-pyrrole nitrogens is 1. The Hall–Kier alpha value is -3.05. The van der Waals surface area contributed by atoms with Gasteiger partial charge in [-0.25, -0.2) is 19.4 Å². The zero-order chi connectivity index (χ0) is 22.0. The van der Waals surface area contributed by atoms with Gasteiger partial charge < -0.3 is 19.9 Å². The summed E-state index contributed by atoms with van der Waals surface area (Å²) in [7, 11) is 3.10. The van der Waals surface area contributed by atoms with E-state index in [4.69, 9.17) is 19.4 Å². The van der Waals surface area contributed by atoms with E-state index >= 15 is 0 Å². The van der Waals surface area contributed by atoms with E-state index in [0.29, 0.717) is 61.9 Å². The van der Waals surface area contributed by atoms with Crippen LogP contribution in [-0.2, 0) is 20.8 Å². The van der Waals surface area contributed by atoms with Crippen LogP contribution >= 0.6 is 0 Å². The summed E-state index contributed by atoms with van der Waals surface area (Å²) in [5, 5.41) is 25.2. The fraction of sp³-hybridized carbons (Fsp3) is 0.550. The molecule has 4 rings (SSSR count). The number of fused-ring (bicyclic) bond motifs is 1. The molecule has 0 atom stereocenters. The lowest BCUT2D eigenvalue weighted by Crippen LogP contribution is -2.43. The number of rotatable bonds is 8. The van der Waals surface area contributed by atoms with Crippen LogP contribution in [-0.4, -0.2) is 67.4 Å². The highest BCUT2D eigenvalue weighted by atomic mass is 16.5. The third-order valence-corrected chi connectivity index (χ3v) is 5.91. The van der Waals surface area contributed by atoms with Gasteiger partial charge in [-0.2, -0.15) is 10.2 Å². The van der Waals surface area contributed by atoms with E-state index in [0.717, 1.165) is 11.1 Å². The van der Waals surface area contributed by atoms with Crippen molar-refractivity contribution in [1.82, 2.24) is 29.9 Å². The van der Waals surface area contributed by atoms with Crippen molar-refractivity contribution in [2.24, 2.45) is 0 Å². The second-order valence-corrected chi connectivity index (χ2v) is 7.87. The number of methoxy groups -OCH3 is 2. The Labute approximate surface area is 179 Å². The van der Waals surface area contributed by atoms with Gasteiger partial charge in [-0.05, 0) is 32.6 Å². The third-order valence-electron chi connectivity index (χ3n) is 5.91. The van der Waals surface area contributed by atoms with Crippen LogP contribution in [0, 0.1) is 6.92 Å². The fourth-order valence-electron chi connectivity index (χ4n) is 4.04. The minimum atomic E-state index is -1.13. The number of aromatic nitrogens is 6. The summed E-state index contributed by atoms with van der Waals surface area (Å²) < 4.78 is 12.3. The summed E-state index contributed by atoms with van der Waals surface area (Å²) in [6, 6.07) is 1.89. The van der Waals surface area contributed by atoms with Gasteiger partial charge in [-0.1, -0.05) is 0 Å². The van der Waals surface area contributed by atoms with Crippen molar-refractivity contribution in [3.8, 4) is 0 Å². The Kier molecular flexibility index (Phi) is 5.88. The number of aryl methyl sites for hydroxylation is 1. The Morgan fingerprint density at radius 2 is 2.13 bits per heavy atom. The molecule has 0 spiro atoms. The number of ether oxygens (including phenoxy) is 2. The first-order valence-corrected chi connectivity index (χ1v) is 10.3. The molecule has 3 heterocycles. The highest BCUT2D eigenvalue weighted by molar-refractivity contribution is 5.88. The van der Waals surface area contributed by atoms with Gasteiger partial charge >= 0.3 is 5.97 Å². The molecule has 166 valence electrons. The lowest BCUT2D eigenvalue weighted by Gasteiger charge is -2.35. The van der Waals surface area contributed by atoms with Crippen molar-refractivity contribution in [3.05, 3.63) is 23.8 Å². The van der Waals surface area contributed by atoms with Gasteiger partial charge in [0.1, 0.15) is 11.6 Å². The van der Waals surface area contributed by atoms with Gasteiger partial charge in [0.05, 0.1) is 24.7 Å². The van der Waals surface area contributed by atoms with Crippen molar-refractivity contribution in [2.45, 2.75) is 50.7 Å². The Bertz CT molecular complexity index is 1070. The van der Waals surface area contributed by atoms with Crippen molar-refractivity contribution in [2.75, 3.05) is 26.1 Å². The van der Waals surface area contributed by atoms with Crippen LogP contribution in [0.25, 0.3) is 11.0 Å². The lowest BCUT2D eigenvalue weighted by atomic mass is 9.78. The number of aliphatic carboxylic acids is 1. The summed E-state index contributed by atoms with van der Waals surface area (Å²) in [5.41, 5.74) is 0.508. The van der Waals surface area contributed by atoms with Crippen LogP contribution in [0.1, 0.15) is 43.1 Å². The van der Waals surface area contributed by atoms with Crippen LogP contribution in [0.15, 0.2) is 12.3 Å². The summed E-state index contributed by atoms with van der Waals surface area (Å²) in [6.45, 7) is 3.00. The minimum absolute atomic E-state index is 0.0271. The summed E-state index contributed by atoms with van der Waals surface area (Å²) in [6.07, 6.45) is 3.81. The molecule has 3 aromatic rings. The van der Waals surface area contributed by atoms with E-state index in [2.05, 4.69) is 20.6 Å². The smallest absolute Gasteiger partial charge is 0.335 e. The van der Waals surface area contributed by atoms with E-state index in [1.54, 1.807) is 18.0 Å². The van der Waals surface area contributed by atoms with Crippen LogP contribution in [0.5, 0.6) is 0 Å². The van der Waals surface area contributed by atoms with Gasteiger partial charge in [0, 0.05) is 31.9 Å². The number of carboxylic acids is 1. The van der Waals surface area contributed by atoms with Crippen molar-refractivity contribution in [1.29, 1.82) is 0 Å². The fourth-order valence-corrected chi connectivity index (χ4v) is 4.04. The Morgan fingerprint density at radius 3 is 2.74 bits per heavy atom. The number of hydrogen-bond acceptors (Lipinski definition) is 8. The maximum atomic E-state index is 11.7. The molecule has 0 radical (unpaired) electrons. The van der Waals surface area contributed by atoms with Gasteiger partial charge in [0.15, 0.2) is 17.1 Å². The highest BCUT2D eigenvalue weighted by Crippen LogP contribution is 2.40. The topological polar surface area (TPSA) is 140 Å². The van der Waals surface area contributed by atoms with Crippen LogP contribution in [0.3, 0.4) is 0 Å². The Morgan fingerprint density at radius 1 is 1.35 bits per heavy atom. The molecular weight excluding hydrogens is 402 g/mol. The second-order valence-electron chi connectivity index (χ2n) is 7.87. The van der Waals surface area contributed by atoms with Gasteiger partial charge in [-0.15, -0.1) is 0 Å². The molecule has 1 aliphatic rings. The zero-order valence-corrected chi connectivity index (χ0v) is 17.9. The summed E-state index contributed by atoms with van der Waals surface area (Å²) in [4.78, 5) is 21.3. The quantitative estimate of drug-likeness (QED) is 0.492. The maximum absolute atomic E-state index is 11.7. The average Bonchev–Trinajstić information content (AvgIpc) is 3.38. The first kappa shape index (κ1) is 21.2. The third kappa shape index (κ3) is 4.10. The van der Waals surface area contributed by atoms with Crippen molar-refractivity contribution >= 4 is 28.6 Å². The van der Waals surface area contributed by atoms with E-state index < -0.39 is 11.6 Å². The number of carbonyl (C=O) groups is 1. The number of nitrogens with one attached hydrogen (secondary N) is 2. The minimum Gasteiger partial charge on any atom is -0.479 e. The van der Waals surface area contributed by atoms with E-state index in [1.165, 1.54) is 7.11 Å². The SMILES string of the molecule is COCCn1ncc2c(Nc3cc(C)[nH]n3)nc(C3CCC(OC)(C(=O)O)CC3)nc21. The lowest BCUT2D eigenvalue weighted by molar-refractivity contribution is -0.166. The van der Waals surface area contributed by atoms with Crippen molar-refractivity contribution < 1.29 is 19.4 Å². The molecule has 11 nitrogen and oxygen atoms in total. The van der Waals surface area contributed by atoms with Gasteiger partial charge in [-0.3, -0.25) is 5.10 Å². The Balaban J connectivity index is 1.68. The van der Waals surface area contributed by atoms with Crippen molar-refractivity contribution in [3.63, 3.8) is 0 Å². The summed E-state index contributed by atoms with van der Waals surface area (Å²) >= 11 is 0. The van der Waals surface area contributed by atoms with Crippen LogP contribution < -0.4 is 5.32 Å². The predicted molar refractivity (Wildman–Crippen MR) is 112 cm³/mol. The van der Waals surface area contributed by atoms with Crippen LogP contribution in [0.2, 0.25) is 0 Å². The molecule has 31 heavy (non-hydrogen) atoms. The predicted octanol–water partition coefficient (Wildman–Crippen LogP) is 2.38. The molecule has 0 amide bonds. The molecule has 11 heteroatoms. The molecular formula is C20H27N7O4. The number of hydrogen-bond donors (Lipinski definition) is 3. The standard InChI is InChI=1S/C20H27N7O4/c1-12-10-15(26-25-12)22-17-14-11-21-27(8-9-30-2)18(14)24-16(23-17)13-4-6-20(31-3,7-5-13)19(28)29/h10-11,13H,4-9H2,1-3H3,(H,28,29)(H2,22,23,24,25,26). The molecule has 1 fully saturated rings. The number of nitrogens with zero attached hydrogens (tertiary/aromatic N) is 5. The van der Waals surface area contributed by atoms with Gasteiger partial charge in [0.25, 0.3) is 0 Å². The molecule has 3 aromatic heterocycles. The largest absolute Gasteiger partial charge is 0.479 e. The molecule has 0 bridgehead atoms. The molecule has 3 N–H and O–H groups in total. The number of anilines is 2. The van der Waals surface area contributed by atoms with E-state index in [-0.39, 0.29) is 5.92 Å². The highest BCUT2D eigenvalue weighted by Gasteiger charge is 2.43. The number of carboxylic acid groups (broad SMARTS) is 1. The first-order chi connectivity index (χ1) is 15.0. The molecule has 0 aromatic carbocycles. The summed E-state index contributed by atoms with van der Waals surface area (Å²) in [5.74, 6) is 1.05. The first-order valence-electron chi connectivity index (χ1n) is 10.3. The van der Waals surface area contributed by atoms with Crippen LogP contribution in [0.4, 0.5) is 11.6 Å². The normalized spacial score (nSPS) is 21.5. The molecule has 1 aliphatic carbocycles. The van der Waals surface area contributed by atoms with Gasteiger partial charge in [0.2, 0.25) is 0 Å². The average molecular weight is 429 g/mol. The molecule has 0 unspecified atom stereocenters. The van der Waals surface area contributed by atoms with E-state index in [1.807, 2.05) is 13.0 Å². The monoisotopic (exact) mass is 429 g/mol. The van der Waals surface area contributed by atoms with E-state index in [9.17, 15) is 9.90 Å². The zero-order valence-electron chi connectivity index (χ0n) is 17.9. The number of aromatic amines is 1. The molecule has 1 saturated carbocycles. The maximum Gasteiger partial charge on any atom is 0.335 e.